The SMILES string of the molecule is CC(C)c1ccc2[nH]ccc2c1.CC(C)c1ccc2c(c1)OCCO2.CC(C)c1ccc2c(c1)OCO2.CC(C)c1ccc2c(ccn2C)c1.CC(C)c1ccc2cc[nH]c2c1.CC(C)c1ccc2nc[nH]c2c1.CC(C)c1ccc2nccnc2c1.CCc1ccnc(C(C)C)c1. The van der Waals surface area contributed by atoms with E-state index in [0.717, 1.165) is 51.5 Å². The summed E-state index contributed by atoms with van der Waals surface area (Å²) in [5.41, 5.74) is 19.9. The van der Waals surface area contributed by atoms with Gasteiger partial charge >= 0.3 is 0 Å². The fourth-order valence-corrected chi connectivity index (χ4v) is 10.9. The van der Waals surface area contributed by atoms with Gasteiger partial charge in [-0.1, -0.05) is 166 Å². The van der Waals surface area contributed by atoms with Gasteiger partial charge in [-0.2, -0.15) is 0 Å². The smallest absolute Gasteiger partial charge is 0.231 e. The summed E-state index contributed by atoms with van der Waals surface area (Å²) in [6.45, 7) is 38.9. The topological polar surface area (TPSA) is 141 Å². The van der Waals surface area contributed by atoms with E-state index in [2.05, 4.69) is 304 Å². The molecule has 0 amide bonds. The van der Waals surface area contributed by atoms with Gasteiger partial charge in [0.05, 0.1) is 28.4 Å². The Bertz CT molecular complexity index is 4380. The second-order valence-corrected chi connectivity index (χ2v) is 27.6. The molecule has 514 valence electrons. The van der Waals surface area contributed by atoms with Crippen LogP contribution in [-0.2, 0) is 13.5 Å². The van der Waals surface area contributed by atoms with Crippen molar-refractivity contribution >= 4 is 54.8 Å². The zero-order valence-corrected chi connectivity index (χ0v) is 61.4. The highest BCUT2D eigenvalue weighted by Gasteiger charge is 2.15. The number of rotatable bonds is 9. The van der Waals surface area contributed by atoms with Crippen LogP contribution in [-0.4, -0.2) is 59.5 Å². The molecule has 3 N–H and O–H groups in total. The minimum atomic E-state index is 0.358. The summed E-state index contributed by atoms with van der Waals surface area (Å²) >= 11 is 0. The predicted octanol–water partition coefficient (Wildman–Crippen LogP) is 23.2. The number of imidazole rings is 1. The molecule has 0 saturated carbocycles. The first kappa shape index (κ1) is 74.1. The maximum Gasteiger partial charge on any atom is 0.231 e. The van der Waals surface area contributed by atoms with E-state index >= 15 is 0 Å². The average Bonchev–Trinajstić information content (AvgIpc) is 1.70. The molecule has 2 aliphatic rings. The lowest BCUT2D eigenvalue weighted by Gasteiger charge is -2.19. The van der Waals surface area contributed by atoms with Crippen LogP contribution in [0, 0.1) is 0 Å². The first-order valence-electron chi connectivity index (χ1n) is 35.1. The highest BCUT2D eigenvalue weighted by molar-refractivity contribution is 5.82. The van der Waals surface area contributed by atoms with Gasteiger partial charge in [0, 0.05) is 66.5 Å². The molecule has 98 heavy (non-hydrogen) atoms. The van der Waals surface area contributed by atoms with E-state index < -0.39 is 0 Å². The highest BCUT2D eigenvalue weighted by atomic mass is 16.7. The van der Waals surface area contributed by atoms with Crippen molar-refractivity contribution in [1.82, 2.24) is 39.5 Å². The Labute approximate surface area is 583 Å². The lowest BCUT2D eigenvalue weighted by Crippen LogP contribution is -2.15. The number of nitrogens with one attached hydrogen (secondary N) is 3. The summed E-state index contributed by atoms with van der Waals surface area (Å²) in [5.74, 6) is 8.08. The number of hydrogen-bond donors (Lipinski definition) is 3. The van der Waals surface area contributed by atoms with Crippen LogP contribution >= 0.6 is 0 Å². The van der Waals surface area contributed by atoms with Crippen LogP contribution in [0.15, 0.2) is 201 Å². The molecular weight excluding hydrogens is 1210 g/mol. The van der Waals surface area contributed by atoms with Crippen molar-refractivity contribution in [2.75, 3.05) is 20.0 Å². The number of pyridine rings is 1. The Balaban J connectivity index is 0.000000143. The van der Waals surface area contributed by atoms with Crippen LogP contribution < -0.4 is 18.9 Å². The lowest BCUT2D eigenvalue weighted by atomic mass is 10.0. The van der Waals surface area contributed by atoms with Crippen molar-refractivity contribution in [2.45, 2.75) is 171 Å². The molecule has 2 aliphatic heterocycles. The van der Waals surface area contributed by atoms with E-state index in [1.807, 2.05) is 42.9 Å². The Kier molecular flexibility index (Phi) is 27.3. The van der Waals surface area contributed by atoms with Crippen LogP contribution in [0.25, 0.3) is 54.8 Å². The largest absolute Gasteiger partial charge is 0.486 e. The predicted molar refractivity (Wildman–Crippen MR) is 411 cm³/mol. The normalized spacial score (nSPS) is 11.9. The van der Waals surface area contributed by atoms with Crippen LogP contribution in [0.5, 0.6) is 23.0 Å². The molecule has 0 radical (unpaired) electrons. The minimum absolute atomic E-state index is 0.358. The monoisotopic (exact) mass is 1310 g/mol. The maximum absolute atomic E-state index is 5.49. The maximum atomic E-state index is 5.49. The van der Waals surface area contributed by atoms with Gasteiger partial charge in [-0.15, -0.1) is 0 Å². The molecule has 0 atom stereocenters. The number of nitrogens with zero attached hydrogens (tertiary/aromatic N) is 5. The summed E-state index contributed by atoms with van der Waals surface area (Å²) < 4.78 is 23.6. The van der Waals surface area contributed by atoms with E-state index in [-0.39, 0.29) is 0 Å². The van der Waals surface area contributed by atoms with Gasteiger partial charge in [0.1, 0.15) is 13.2 Å². The molecule has 12 nitrogen and oxygen atoms in total. The number of fused-ring (bicyclic) bond motifs is 7. The van der Waals surface area contributed by atoms with Crippen molar-refractivity contribution in [3.8, 4) is 23.0 Å². The molecule has 0 aliphatic carbocycles. The summed E-state index contributed by atoms with van der Waals surface area (Å²) in [6.07, 6.45) is 14.2. The molecular formula is C86H106N8O4. The molecule has 6 aromatic heterocycles. The van der Waals surface area contributed by atoms with Gasteiger partial charge in [-0.3, -0.25) is 15.0 Å². The van der Waals surface area contributed by atoms with Crippen molar-refractivity contribution < 1.29 is 18.9 Å². The number of H-pyrrole nitrogens is 3. The molecule has 0 spiro atoms. The number of hydrogen-bond acceptors (Lipinski definition) is 8. The minimum Gasteiger partial charge on any atom is -0.486 e. The van der Waals surface area contributed by atoms with Crippen molar-refractivity contribution in [3.63, 3.8) is 0 Å². The number of benzene rings is 7. The van der Waals surface area contributed by atoms with Crippen molar-refractivity contribution in [1.29, 1.82) is 0 Å². The van der Waals surface area contributed by atoms with Gasteiger partial charge in [0.25, 0.3) is 0 Å². The summed E-state index contributed by atoms with van der Waals surface area (Å²) in [7, 11) is 2.08. The first-order chi connectivity index (χ1) is 47.0. The molecule has 8 heterocycles. The average molecular weight is 1320 g/mol. The summed E-state index contributed by atoms with van der Waals surface area (Å²) in [4.78, 5) is 26.4. The van der Waals surface area contributed by atoms with Gasteiger partial charge in [-0.25, -0.2) is 4.98 Å². The van der Waals surface area contributed by atoms with Gasteiger partial charge in [0.15, 0.2) is 23.0 Å². The van der Waals surface area contributed by atoms with Crippen LogP contribution in [0.3, 0.4) is 0 Å². The molecule has 12 heteroatoms. The lowest BCUT2D eigenvalue weighted by molar-refractivity contribution is 0.171. The second-order valence-electron chi connectivity index (χ2n) is 27.6. The number of aryl methyl sites for hydroxylation is 2. The summed E-state index contributed by atoms with van der Waals surface area (Å²) in [6, 6.07) is 55.3. The summed E-state index contributed by atoms with van der Waals surface area (Å²) in [5, 5.41) is 3.94. The Hall–Kier alpha value is -9.68. The third-order valence-electron chi connectivity index (χ3n) is 17.5. The zero-order chi connectivity index (χ0) is 70.4. The molecule has 0 fully saturated rings. The fourth-order valence-electron chi connectivity index (χ4n) is 10.9. The molecule has 13 aromatic rings. The first-order valence-corrected chi connectivity index (χ1v) is 35.1. The standard InChI is InChI=1S/C12H15N.C11H12N2.2C11H13N.C11H14O2.C10H12N2.C10H15N.C10H12O2/c1-9(2)10-4-5-12-11(8-10)6-7-13(12)3;1-8(2)9-3-4-10-11(7-9)13-6-5-12-10;1-8(2)9-3-4-11-10(7-9)5-6-12-11;1-8(2)10-4-3-9-5-6-12-11(9)7-10;1-8(2)9-3-4-10-11(7-9)13-6-5-12-10;1-7(2)8-3-4-9-10(5-8)12-6-11-9;1-4-9-5-6-11-10(7-9)8(2)3;1-7(2)8-3-4-9-10(5-8)12-6-11-9/h4-9H,1-3H3;3-8H,1-2H3;2*3-8,12H,1-2H3;3-4,7-8H,5-6H2,1-2H3;3-7H,1-2H3,(H,11,12);5-8H,4H2,1-3H3;3-5,7H,6H2,1-2H3. The number of aromatic nitrogens is 8. The van der Waals surface area contributed by atoms with Crippen LogP contribution in [0.1, 0.15) is 215 Å². The van der Waals surface area contributed by atoms with Crippen LogP contribution in [0.4, 0.5) is 0 Å². The third kappa shape index (κ3) is 21.2. The fraction of sp³-hybridized carbons (Fsp3) is 0.349. The Morgan fingerprint density at radius 3 is 1.46 bits per heavy atom. The molecule has 15 rings (SSSR count). The van der Waals surface area contributed by atoms with Crippen molar-refractivity contribution in [3.05, 3.63) is 251 Å². The Morgan fingerprint density at radius 1 is 0.357 bits per heavy atom. The molecule has 0 saturated heterocycles. The molecule has 0 unspecified atom stereocenters. The molecule has 7 aromatic carbocycles. The van der Waals surface area contributed by atoms with Gasteiger partial charge < -0.3 is 38.5 Å². The second kappa shape index (κ2) is 36.1. The Morgan fingerprint density at radius 2 is 0.837 bits per heavy atom. The number of aromatic amines is 3. The highest BCUT2D eigenvalue weighted by Crippen LogP contribution is 2.35. The van der Waals surface area contributed by atoms with E-state index in [9.17, 15) is 0 Å². The quantitative estimate of drug-likeness (QED) is 0.130. The van der Waals surface area contributed by atoms with Gasteiger partial charge in [-0.05, 0) is 224 Å². The van der Waals surface area contributed by atoms with E-state index in [1.165, 1.54) is 82.9 Å². The van der Waals surface area contributed by atoms with E-state index in [1.54, 1.807) is 18.7 Å². The van der Waals surface area contributed by atoms with E-state index in [4.69, 9.17) is 18.9 Å². The van der Waals surface area contributed by atoms with E-state index in [0.29, 0.717) is 67.3 Å². The van der Waals surface area contributed by atoms with Gasteiger partial charge in [0.2, 0.25) is 6.79 Å². The number of ether oxygens (including phenoxy) is 4. The molecule has 0 bridgehead atoms. The van der Waals surface area contributed by atoms with Crippen LogP contribution in [0.2, 0.25) is 0 Å². The third-order valence-corrected chi connectivity index (χ3v) is 17.5. The zero-order valence-electron chi connectivity index (χ0n) is 61.4. The van der Waals surface area contributed by atoms with Crippen molar-refractivity contribution in [2.24, 2.45) is 7.05 Å².